The second-order valence-electron chi connectivity index (χ2n) is 7.30. The van der Waals surface area contributed by atoms with Gasteiger partial charge in [-0.05, 0) is 50.1 Å². The van der Waals surface area contributed by atoms with Gasteiger partial charge in [0, 0.05) is 17.8 Å². The molecule has 0 aliphatic carbocycles. The summed E-state index contributed by atoms with van der Waals surface area (Å²) in [5, 5.41) is 0. The fourth-order valence-electron chi connectivity index (χ4n) is 4.26. The molecule has 2 aliphatic rings. The van der Waals surface area contributed by atoms with E-state index >= 15 is 0 Å². The van der Waals surface area contributed by atoms with Crippen molar-refractivity contribution < 1.29 is 9.47 Å². The van der Waals surface area contributed by atoms with Crippen LogP contribution in [0.4, 0.5) is 5.69 Å². The highest BCUT2D eigenvalue weighted by molar-refractivity contribution is 5.73. The van der Waals surface area contributed by atoms with E-state index in [9.17, 15) is 0 Å². The minimum Gasteiger partial charge on any atom is -0.493 e. The van der Waals surface area contributed by atoms with Crippen LogP contribution in [0.15, 0.2) is 48.5 Å². The fourth-order valence-corrected chi connectivity index (χ4v) is 4.26. The molecule has 2 aromatic rings. The maximum Gasteiger partial charge on any atom is 0.212 e. The lowest BCUT2D eigenvalue weighted by Crippen LogP contribution is -2.59. The van der Waals surface area contributed by atoms with E-state index in [0.717, 1.165) is 30.0 Å². The van der Waals surface area contributed by atoms with Crippen molar-refractivity contribution in [1.29, 1.82) is 0 Å². The van der Waals surface area contributed by atoms with Crippen LogP contribution in [0.25, 0.3) is 6.08 Å². The van der Waals surface area contributed by atoms with Gasteiger partial charge in [-0.1, -0.05) is 37.3 Å². The van der Waals surface area contributed by atoms with E-state index in [1.54, 1.807) is 7.11 Å². The summed E-state index contributed by atoms with van der Waals surface area (Å²) in [5.41, 5.74) is 2.92. The van der Waals surface area contributed by atoms with Gasteiger partial charge in [0.05, 0.1) is 12.5 Å². The van der Waals surface area contributed by atoms with Crippen molar-refractivity contribution in [1.82, 2.24) is 0 Å². The normalized spacial score (nSPS) is 22.5. The predicted octanol–water partition coefficient (Wildman–Crippen LogP) is 5.00. The molecule has 4 rings (SSSR count). The zero-order valence-corrected chi connectivity index (χ0v) is 15.4. The number of fused-ring (bicyclic) bond motifs is 2. The molecule has 3 nitrogen and oxygen atoms in total. The third kappa shape index (κ3) is 2.05. The Bertz CT molecular complexity index is 840. The summed E-state index contributed by atoms with van der Waals surface area (Å²) in [6.07, 6.45) is 5.46. The Morgan fingerprint density at radius 2 is 1.88 bits per heavy atom. The highest BCUT2D eigenvalue weighted by Crippen LogP contribution is 2.55. The van der Waals surface area contributed by atoms with Crippen molar-refractivity contribution in [2.45, 2.75) is 38.3 Å². The Balaban J connectivity index is 1.92. The lowest BCUT2D eigenvalue weighted by molar-refractivity contribution is 0.0506. The quantitative estimate of drug-likeness (QED) is 0.787. The molecule has 130 valence electrons. The van der Waals surface area contributed by atoms with Crippen molar-refractivity contribution in [3.05, 3.63) is 59.7 Å². The Hall–Kier alpha value is -2.42. The Kier molecular flexibility index (Phi) is 3.57. The summed E-state index contributed by atoms with van der Waals surface area (Å²) in [4.78, 5) is 2.41. The second-order valence-corrected chi connectivity index (χ2v) is 7.30. The van der Waals surface area contributed by atoms with Gasteiger partial charge >= 0.3 is 0 Å². The number of benzene rings is 2. The molecule has 25 heavy (non-hydrogen) atoms. The lowest BCUT2D eigenvalue weighted by atomic mass is 9.76. The Labute approximate surface area is 149 Å². The molecule has 0 aromatic heterocycles. The first-order valence-corrected chi connectivity index (χ1v) is 8.97. The summed E-state index contributed by atoms with van der Waals surface area (Å²) in [6, 6.07) is 14.7. The van der Waals surface area contributed by atoms with E-state index in [0.29, 0.717) is 0 Å². The van der Waals surface area contributed by atoms with Crippen molar-refractivity contribution in [2.24, 2.45) is 0 Å². The largest absolute Gasteiger partial charge is 0.493 e. The van der Waals surface area contributed by atoms with E-state index in [1.165, 1.54) is 11.3 Å². The minimum absolute atomic E-state index is 0.187. The number of methoxy groups -OCH3 is 1. The summed E-state index contributed by atoms with van der Waals surface area (Å²) in [5.74, 6) is 1.61. The van der Waals surface area contributed by atoms with Gasteiger partial charge < -0.3 is 14.4 Å². The summed E-state index contributed by atoms with van der Waals surface area (Å²) < 4.78 is 12.4. The van der Waals surface area contributed by atoms with E-state index in [-0.39, 0.29) is 5.41 Å². The third-order valence-electron chi connectivity index (χ3n) is 5.59. The monoisotopic (exact) mass is 335 g/mol. The first kappa shape index (κ1) is 16.1. The molecule has 1 spiro atoms. The highest BCUT2D eigenvalue weighted by atomic mass is 16.5. The van der Waals surface area contributed by atoms with Gasteiger partial charge in [-0.2, -0.15) is 0 Å². The first-order chi connectivity index (χ1) is 12.0. The molecule has 0 fully saturated rings. The molecule has 2 heterocycles. The highest BCUT2D eigenvalue weighted by Gasteiger charge is 2.58. The van der Waals surface area contributed by atoms with Gasteiger partial charge in [-0.25, -0.2) is 0 Å². The van der Waals surface area contributed by atoms with Gasteiger partial charge in [-0.15, -0.1) is 0 Å². The minimum atomic E-state index is -0.547. The maximum atomic E-state index is 6.78. The van der Waals surface area contributed by atoms with Crippen LogP contribution >= 0.6 is 0 Å². The smallest absolute Gasteiger partial charge is 0.212 e. The van der Waals surface area contributed by atoms with Gasteiger partial charge in [0.15, 0.2) is 11.5 Å². The number of anilines is 1. The molecular formula is C22H25NO2. The van der Waals surface area contributed by atoms with Crippen molar-refractivity contribution in [3.63, 3.8) is 0 Å². The molecule has 0 saturated heterocycles. The SMILES string of the molecule is CCCN1c2ccccc2C(C)(C)C12C=Cc1cccc(OC)c1O2. The fraction of sp³-hybridized carbons (Fsp3) is 0.364. The molecule has 1 atom stereocenters. The molecule has 0 N–H and O–H groups in total. The average molecular weight is 335 g/mol. The molecule has 2 aromatic carbocycles. The Morgan fingerprint density at radius 1 is 1.08 bits per heavy atom. The van der Waals surface area contributed by atoms with E-state index in [2.05, 4.69) is 68.2 Å². The third-order valence-corrected chi connectivity index (χ3v) is 5.59. The molecule has 0 radical (unpaired) electrons. The molecule has 0 bridgehead atoms. The van der Waals surface area contributed by atoms with Crippen molar-refractivity contribution in [3.8, 4) is 11.5 Å². The van der Waals surface area contributed by atoms with Gasteiger partial charge in [0.2, 0.25) is 5.72 Å². The van der Waals surface area contributed by atoms with Crippen molar-refractivity contribution in [2.75, 3.05) is 18.6 Å². The topological polar surface area (TPSA) is 21.7 Å². The number of nitrogens with zero attached hydrogens (tertiary/aromatic N) is 1. The number of para-hydroxylation sites is 2. The molecule has 3 heteroatoms. The summed E-state index contributed by atoms with van der Waals surface area (Å²) in [6.45, 7) is 7.69. The van der Waals surface area contributed by atoms with Crippen LogP contribution in [0.2, 0.25) is 0 Å². The molecule has 0 saturated carbocycles. The van der Waals surface area contributed by atoms with E-state index in [4.69, 9.17) is 9.47 Å². The number of hydrogen-bond donors (Lipinski definition) is 0. The lowest BCUT2D eigenvalue weighted by Gasteiger charge is -2.47. The van der Waals surface area contributed by atoms with Crippen LogP contribution in [-0.4, -0.2) is 19.4 Å². The van der Waals surface area contributed by atoms with Crippen LogP contribution in [0.3, 0.4) is 0 Å². The summed E-state index contributed by atoms with van der Waals surface area (Å²) >= 11 is 0. The molecular weight excluding hydrogens is 310 g/mol. The van der Waals surface area contributed by atoms with Crippen LogP contribution in [0.5, 0.6) is 11.5 Å². The van der Waals surface area contributed by atoms with Gasteiger partial charge in [0.1, 0.15) is 0 Å². The number of rotatable bonds is 3. The van der Waals surface area contributed by atoms with E-state index < -0.39 is 5.72 Å². The van der Waals surface area contributed by atoms with Crippen LogP contribution in [0, 0.1) is 0 Å². The van der Waals surface area contributed by atoms with Crippen LogP contribution < -0.4 is 14.4 Å². The van der Waals surface area contributed by atoms with Crippen LogP contribution in [0.1, 0.15) is 38.3 Å². The zero-order chi connectivity index (χ0) is 17.7. The standard InChI is InChI=1S/C22H25NO2/c1-5-15-23-18-11-7-6-10-17(18)21(2,3)22(23)14-13-16-9-8-12-19(24-4)20(16)25-22/h6-14H,5,15H2,1-4H3. The average Bonchev–Trinajstić information content (AvgIpc) is 2.81. The Morgan fingerprint density at radius 3 is 2.64 bits per heavy atom. The predicted molar refractivity (Wildman–Crippen MR) is 102 cm³/mol. The summed E-state index contributed by atoms with van der Waals surface area (Å²) in [7, 11) is 1.70. The van der Waals surface area contributed by atoms with Gasteiger partial charge in [-0.3, -0.25) is 0 Å². The molecule has 0 amide bonds. The zero-order valence-electron chi connectivity index (χ0n) is 15.4. The van der Waals surface area contributed by atoms with Gasteiger partial charge in [0.25, 0.3) is 0 Å². The molecule has 1 unspecified atom stereocenters. The maximum absolute atomic E-state index is 6.78. The molecule has 2 aliphatic heterocycles. The first-order valence-electron chi connectivity index (χ1n) is 8.97. The second kappa shape index (κ2) is 5.55. The van der Waals surface area contributed by atoms with E-state index in [1.807, 2.05) is 12.1 Å². The van der Waals surface area contributed by atoms with Crippen LogP contribution in [-0.2, 0) is 5.41 Å². The van der Waals surface area contributed by atoms with Crippen molar-refractivity contribution >= 4 is 11.8 Å². The number of ether oxygens (including phenoxy) is 2. The number of hydrogen-bond acceptors (Lipinski definition) is 3.